The van der Waals surface area contributed by atoms with Gasteiger partial charge >= 0.3 is 0 Å². The largest absolute Gasteiger partial charge is 0.477 e. The summed E-state index contributed by atoms with van der Waals surface area (Å²) >= 11 is 6.12. The van der Waals surface area contributed by atoms with E-state index in [-0.39, 0.29) is 13.2 Å². The van der Waals surface area contributed by atoms with Crippen molar-refractivity contribution in [3.05, 3.63) is 17.2 Å². The van der Waals surface area contributed by atoms with Crippen LogP contribution in [-0.4, -0.2) is 26.7 Å². The fourth-order valence-electron chi connectivity index (χ4n) is 1.29. The van der Waals surface area contributed by atoms with Crippen LogP contribution < -0.4 is 14.8 Å². The lowest BCUT2D eigenvalue weighted by atomic mass is 10.2. The van der Waals surface area contributed by atoms with Gasteiger partial charge in [-0.3, -0.25) is 0 Å². The van der Waals surface area contributed by atoms with Crippen molar-refractivity contribution in [3.8, 4) is 36.2 Å². The van der Waals surface area contributed by atoms with Crippen LogP contribution in [0.4, 0.5) is 5.69 Å². The molecule has 0 fully saturated rings. The summed E-state index contributed by atoms with van der Waals surface area (Å²) in [6.45, 7) is 0.155. The molecular weight excluding hydrogens is 280 g/mol. The molecule has 0 unspecified atom stereocenters. The van der Waals surface area contributed by atoms with Crippen LogP contribution >= 0.6 is 11.6 Å². The fourth-order valence-corrected chi connectivity index (χ4v) is 1.55. The number of ether oxygens (including phenoxy) is 2. The molecule has 1 rings (SSSR count). The topological polar surface area (TPSA) is 52.1 Å². The molecule has 0 aliphatic carbocycles. The predicted octanol–water partition coefficient (Wildman–Crippen LogP) is 2.37. The van der Waals surface area contributed by atoms with E-state index in [0.29, 0.717) is 22.2 Å². The molecule has 0 amide bonds. The van der Waals surface area contributed by atoms with Gasteiger partial charge in [-0.25, -0.2) is 0 Å². The third-order valence-corrected chi connectivity index (χ3v) is 2.29. The summed E-state index contributed by atoms with van der Waals surface area (Å²) in [6, 6.07) is 3.30. The van der Waals surface area contributed by atoms with Gasteiger partial charge in [0.05, 0.1) is 5.02 Å². The first-order valence-corrected chi connectivity index (χ1v) is 5.88. The molecule has 20 heavy (non-hydrogen) atoms. The molecule has 1 aromatic carbocycles. The number of nitrogens with one attached hydrogen (secondary N) is 1. The van der Waals surface area contributed by atoms with E-state index in [2.05, 4.69) is 27.2 Å². The maximum atomic E-state index is 6.12. The van der Waals surface area contributed by atoms with Crippen molar-refractivity contribution in [3.63, 3.8) is 0 Å². The molecule has 0 aromatic heterocycles. The van der Waals surface area contributed by atoms with Crippen LogP contribution in [0.3, 0.4) is 0 Å². The first kappa shape index (κ1) is 15.6. The van der Waals surface area contributed by atoms with E-state index in [1.807, 2.05) is 0 Å². The maximum absolute atomic E-state index is 6.12. The van der Waals surface area contributed by atoms with Gasteiger partial charge in [0.2, 0.25) is 0 Å². The molecule has 0 aliphatic heterocycles. The van der Waals surface area contributed by atoms with Crippen molar-refractivity contribution < 1.29 is 14.3 Å². The summed E-state index contributed by atoms with van der Waals surface area (Å²) in [4.78, 5) is 4.54. The van der Waals surface area contributed by atoms with E-state index in [9.17, 15) is 0 Å². The smallest absolute Gasteiger partial charge is 0.181 e. The first-order valence-electron chi connectivity index (χ1n) is 5.50. The number of nitrogens with zero attached hydrogens (tertiary/aromatic N) is 1. The quantitative estimate of drug-likeness (QED) is 0.363. The number of terminal acetylenes is 2. The van der Waals surface area contributed by atoms with Crippen molar-refractivity contribution in [1.82, 2.24) is 0 Å². The number of anilines is 1. The molecule has 0 bridgehead atoms. The molecular formula is C14H13ClN2O3. The van der Waals surface area contributed by atoms with Gasteiger partial charge in [0, 0.05) is 11.8 Å². The molecule has 0 saturated carbocycles. The minimum atomic E-state index is 0.0735. The Bertz CT molecular complexity index is 559. The summed E-state index contributed by atoms with van der Waals surface area (Å²) in [5.74, 6) is 5.45. The Balaban J connectivity index is 3.02. The maximum Gasteiger partial charge on any atom is 0.181 e. The van der Waals surface area contributed by atoms with Crippen LogP contribution in [0.1, 0.15) is 0 Å². The number of oxime groups is 1. The standard InChI is InChI=1S/C14H13ClN2O3/c1-4-6-19-13-9-11(16-10-17-18-3)8-12(15)14(13)20-7-5-2/h1-2,8-10H,6-7H2,3H3,(H,16,17). The number of hydrogen-bond acceptors (Lipinski definition) is 4. The van der Waals surface area contributed by atoms with Gasteiger partial charge in [-0.1, -0.05) is 28.6 Å². The Morgan fingerprint density at radius 1 is 1.30 bits per heavy atom. The average molecular weight is 293 g/mol. The Morgan fingerprint density at radius 3 is 2.65 bits per heavy atom. The zero-order valence-corrected chi connectivity index (χ0v) is 11.6. The summed E-state index contributed by atoms with van der Waals surface area (Å²) in [5.41, 5.74) is 0.635. The minimum Gasteiger partial charge on any atom is -0.477 e. The summed E-state index contributed by atoms with van der Waals surface area (Å²) in [5, 5.41) is 6.74. The van der Waals surface area contributed by atoms with E-state index in [1.165, 1.54) is 13.4 Å². The summed E-state index contributed by atoms with van der Waals surface area (Å²) in [6.07, 6.45) is 11.7. The molecule has 0 saturated heterocycles. The van der Waals surface area contributed by atoms with Crippen molar-refractivity contribution >= 4 is 23.6 Å². The third kappa shape index (κ3) is 4.64. The number of hydrogen-bond donors (Lipinski definition) is 1. The average Bonchev–Trinajstić information content (AvgIpc) is 2.44. The Morgan fingerprint density at radius 2 is 2.00 bits per heavy atom. The highest BCUT2D eigenvalue weighted by Crippen LogP contribution is 2.38. The number of rotatable bonds is 7. The molecule has 0 aliphatic rings. The highest BCUT2D eigenvalue weighted by atomic mass is 35.5. The third-order valence-electron chi connectivity index (χ3n) is 2.01. The second kappa shape index (κ2) is 8.58. The molecule has 5 nitrogen and oxygen atoms in total. The molecule has 1 N–H and O–H groups in total. The Labute approximate surface area is 122 Å². The van der Waals surface area contributed by atoms with Crippen molar-refractivity contribution in [1.29, 1.82) is 0 Å². The second-order valence-corrected chi connectivity index (χ2v) is 3.74. The van der Waals surface area contributed by atoms with Crippen LogP contribution in [0.15, 0.2) is 17.3 Å². The van der Waals surface area contributed by atoms with Crippen LogP contribution in [0.25, 0.3) is 0 Å². The van der Waals surface area contributed by atoms with E-state index >= 15 is 0 Å². The lowest BCUT2D eigenvalue weighted by Gasteiger charge is -2.13. The molecule has 104 valence electrons. The van der Waals surface area contributed by atoms with E-state index in [4.69, 9.17) is 33.9 Å². The van der Waals surface area contributed by atoms with Crippen LogP contribution in [0.2, 0.25) is 5.02 Å². The van der Waals surface area contributed by atoms with Gasteiger partial charge in [0.15, 0.2) is 11.5 Å². The second-order valence-electron chi connectivity index (χ2n) is 3.33. The van der Waals surface area contributed by atoms with Gasteiger partial charge < -0.3 is 19.6 Å². The summed E-state index contributed by atoms with van der Waals surface area (Å²) < 4.78 is 10.7. The van der Waals surface area contributed by atoms with E-state index in [1.54, 1.807) is 12.1 Å². The van der Waals surface area contributed by atoms with Crippen molar-refractivity contribution in [2.45, 2.75) is 0 Å². The van der Waals surface area contributed by atoms with Crippen molar-refractivity contribution in [2.24, 2.45) is 5.16 Å². The van der Waals surface area contributed by atoms with Crippen LogP contribution in [-0.2, 0) is 4.84 Å². The van der Waals surface area contributed by atoms with Crippen molar-refractivity contribution in [2.75, 3.05) is 25.6 Å². The zero-order chi connectivity index (χ0) is 14.8. The fraction of sp³-hybridized carbons (Fsp3) is 0.214. The van der Waals surface area contributed by atoms with Crippen LogP contribution in [0, 0.1) is 24.7 Å². The normalized spacial score (nSPS) is 9.60. The zero-order valence-electron chi connectivity index (χ0n) is 10.9. The van der Waals surface area contributed by atoms with E-state index in [0.717, 1.165) is 0 Å². The number of benzene rings is 1. The molecule has 0 atom stereocenters. The van der Waals surface area contributed by atoms with Gasteiger partial charge in [0.25, 0.3) is 0 Å². The predicted molar refractivity (Wildman–Crippen MR) is 79.2 cm³/mol. The molecule has 1 aromatic rings. The van der Waals surface area contributed by atoms with E-state index < -0.39 is 0 Å². The minimum absolute atomic E-state index is 0.0735. The van der Waals surface area contributed by atoms with Gasteiger partial charge in [-0.15, -0.1) is 12.8 Å². The Hall–Kier alpha value is -2.50. The first-order chi connectivity index (χ1) is 9.72. The monoisotopic (exact) mass is 292 g/mol. The molecule has 6 heteroatoms. The lowest BCUT2D eigenvalue weighted by Crippen LogP contribution is -2.03. The summed E-state index contributed by atoms with van der Waals surface area (Å²) in [7, 11) is 1.43. The SMILES string of the molecule is C#CCOc1cc(N/C=N/OC)cc(Cl)c1OCC#C. The number of halogens is 1. The molecule has 0 heterocycles. The highest BCUT2D eigenvalue weighted by molar-refractivity contribution is 6.32. The highest BCUT2D eigenvalue weighted by Gasteiger charge is 2.12. The molecule has 0 spiro atoms. The Kier molecular flexibility index (Phi) is 6.67. The van der Waals surface area contributed by atoms with Crippen LogP contribution in [0.5, 0.6) is 11.5 Å². The van der Waals surface area contributed by atoms with Gasteiger partial charge in [-0.2, -0.15) is 0 Å². The van der Waals surface area contributed by atoms with Gasteiger partial charge in [0.1, 0.15) is 26.7 Å². The van der Waals surface area contributed by atoms with Gasteiger partial charge in [-0.05, 0) is 6.07 Å². The lowest BCUT2D eigenvalue weighted by molar-refractivity contribution is 0.215. The molecule has 0 radical (unpaired) electrons.